The summed E-state index contributed by atoms with van der Waals surface area (Å²) in [5.74, 6) is -0.930. The summed E-state index contributed by atoms with van der Waals surface area (Å²) >= 11 is 0. The third-order valence-electron chi connectivity index (χ3n) is 7.48. The highest BCUT2D eigenvalue weighted by Crippen LogP contribution is 2.48. The van der Waals surface area contributed by atoms with E-state index in [4.69, 9.17) is 15.5 Å². The molecule has 216 valence electrons. The number of ether oxygens (including phenoxy) is 1. The minimum absolute atomic E-state index is 0.0326. The van der Waals surface area contributed by atoms with Gasteiger partial charge in [-0.2, -0.15) is 15.2 Å². The Bertz CT molecular complexity index is 1550. The number of sulfone groups is 1. The van der Waals surface area contributed by atoms with Crippen molar-refractivity contribution in [3.05, 3.63) is 57.9 Å². The van der Waals surface area contributed by atoms with Gasteiger partial charge in [-0.15, -0.1) is 0 Å². The van der Waals surface area contributed by atoms with Crippen LogP contribution in [0.3, 0.4) is 0 Å². The maximum Gasteiger partial charge on any atom is 0.282 e. The van der Waals surface area contributed by atoms with Crippen LogP contribution < -0.4 is 5.32 Å². The highest BCUT2D eigenvalue weighted by molar-refractivity contribution is 7.95. The summed E-state index contributed by atoms with van der Waals surface area (Å²) in [6.45, 7) is 3.30. The molecule has 14 heteroatoms. The monoisotopic (exact) mass is 581 g/mol. The predicted octanol–water partition coefficient (Wildman–Crippen LogP) is 0.925. The van der Waals surface area contributed by atoms with E-state index in [1.807, 2.05) is 6.07 Å². The molecule has 4 rings (SSSR count). The number of nitriles is 1. The Morgan fingerprint density at radius 3 is 2.63 bits per heavy atom. The highest BCUT2D eigenvalue weighted by Gasteiger charge is 2.61. The van der Waals surface area contributed by atoms with E-state index in [0.29, 0.717) is 30.3 Å². The first-order chi connectivity index (χ1) is 19.5. The summed E-state index contributed by atoms with van der Waals surface area (Å²) in [4.78, 5) is 42.8. The number of fused-ring (bicyclic) bond motifs is 1. The van der Waals surface area contributed by atoms with E-state index in [0.717, 1.165) is 11.8 Å². The van der Waals surface area contributed by atoms with Crippen molar-refractivity contribution in [2.45, 2.75) is 55.7 Å². The number of benzene rings is 1. The fourth-order valence-corrected chi connectivity index (χ4v) is 7.08. The van der Waals surface area contributed by atoms with Crippen molar-refractivity contribution in [1.29, 1.82) is 5.26 Å². The molecule has 2 heterocycles. The number of rotatable bonds is 13. The Labute approximate surface area is 237 Å². The van der Waals surface area contributed by atoms with Gasteiger partial charge in [0, 0.05) is 25.2 Å². The van der Waals surface area contributed by atoms with Crippen molar-refractivity contribution in [1.82, 2.24) is 20.0 Å². The van der Waals surface area contributed by atoms with E-state index in [-0.39, 0.29) is 57.2 Å². The lowest BCUT2D eigenvalue weighted by molar-refractivity contribution is -0.109. The maximum atomic E-state index is 13.7. The van der Waals surface area contributed by atoms with Crippen LogP contribution in [0.15, 0.2) is 24.3 Å². The molecule has 1 aliphatic heterocycles. The molecule has 1 fully saturated rings. The second kappa shape index (κ2) is 11.7. The summed E-state index contributed by atoms with van der Waals surface area (Å²) < 4.78 is 30.6. The molecule has 2 amide bonds. The molecule has 1 saturated carbocycles. The van der Waals surface area contributed by atoms with Gasteiger partial charge in [0.2, 0.25) is 0 Å². The molecule has 0 unspecified atom stereocenters. The fraction of sp³-hybridized carbons (Fsp3) is 0.481. The van der Waals surface area contributed by atoms with Gasteiger partial charge in [0.1, 0.15) is 23.3 Å². The van der Waals surface area contributed by atoms with E-state index >= 15 is 0 Å². The third-order valence-corrected chi connectivity index (χ3v) is 10.6. The molecule has 0 radical (unpaired) electrons. The van der Waals surface area contributed by atoms with Gasteiger partial charge >= 0.3 is 0 Å². The predicted molar refractivity (Wildman–Crippen MR) is 146 cm³/mol. The molecule has 2 aromatic rings. The van der Waals surface area contributed by atoms with Crippen LogP contribution >= 0.6 is 0 Å². The van der Waals surface area contributed by atoms with Crippen molar-refractivity contribution in [3.8, 4) is 6.07 Å². The van der Waals surface area contributed by atoms with E-state index in [9.17, 15) is 22.8 Å². The maximum absolute atomic E-state index is 13.7. The summed E-state index contributed by atoms with van der Waals surface area (Å²) in [6.07, 6.45) is 2.57. The number of aldehydes is 1. The van der Waals surface area contributed by atoms with Crippen molar-refractivity contribution in [3.63, 3.8) is 0 Å². The highest BCUT2D eigenvalue weighted by atomic mass is 32.2. The zero-order valence-electron chi connectivity index (χ0n) is 22.9. The Kier molecular flexibility index (Phi) is 8.53. The van der Waals surface area contributed by atoms with Crippen LogP contribution in [0.2, 0.25) is 0 Å². The van der Waals surface area contributed by atoms with Crippen LogP contribution in [0, 0.1) is 11.3 Å². The fourth-order valence-electron chi connectivity index (χ4n) is 4.87. The summed E-state index contributed by atoms with van der Waals surface area (Å²) in [6, 6.07) is 8.80. The number of amides is 2. The van der Waals surface area contributed by atoms with E-state index in [1.54, 1.807) is 24.3 Å². The quantitative estimate of drug-likeness (QED) is 0.119. The second-order valence-corrected chi connectivity index (χ2v) is 13.6. The Balaban J connectivity index is 1.57. The lowest BCUT2D eigenvalue weighted by Gasteiger charge is -2.33. The molecule has 13 nitrogen and oxygen atoms in total. The van der Waals surface area contributed by atoms with Gasteiger partial charge in [0.05, 0.1) is 29.5 Å². The minimum Gasteiger partial charge on any atom is -0.368 e. The number of hydrogen-bond acceptors (Lipinski definition) is 8. The van der Waals surface area contributed by atoms with Gasteiger partial charge in [-0.3, -0.25) is 14.3 Å². The van der Waals surface area contributed by atoms with Gasteiger partial charge in [-0.25, -0.2) is 8.42 Å². The van der Waals surface area contributed by atoms with Crippen LogP contribution in [0.4, 0.5) is 0 Å². The van der Waals surface area contributed by atoms with Crippen LogP contribution in [0.1, 0.15) is 64.4 Å². The number of nitrogens with zero attached hydrogens (tertiary/aromatic N) is 6. The van der Waals surface area contributed by atoms with Crippen molar-refractivity contribution in [2.75, 3.05) is 26.3 Å². The van der Waals surface area contributed by atoms with Crippen molar-refractivity contribution >= 4 is 34.2 Å². The molecule has 0 saturated heterocycles. The number of aromatic nitrogens is 2. The molecule has 2 aliphatic rings. The summed E-state index contributed by atoms with van der Waals surface area (Å²) in [7, 11) is -3.88. The molecule has 1 aromatic heterocycles. The second-order valence-electron chi connectivity index (χ2n) is 10.6. The normalized spacial score (nSPS) is 15.8. The van der Waals surface area contributed by atoms with E-state index in [2.05, 4.69) is 15.2 Å². The Morgan fingerprint density at radius 2 is 2.02 bits per heavy atom. The third kappa shape index (κ3) is 5.83. The number of carbonyl (C=O) groups is 3. The van der Waals surface area contributed by atoms with Crippen molar-refractivity contribution in [2.24, 2.45) is 0 Å². The van der Waals surface area contributed by atoms with Gasteiger partial charge in [-0.1, -0.05) is 12.1 Å². The molecule has 41 heavy (non-hydrogen) atoms. The van der Waals surface area contributed by atoms with E-state index in [1.165, 1.54) is 23.4 Å². The largest absolute Gasteiger partial charge is 0.368 e. The van der Waals surface area contributed by atoms with Crippen molar-refractivity contribution < 1.29 is 32.3 Å². The Morgan fingerprint density at radius 1 is 1.32 bits per heavy atom. The number of nitrogens with one attached hydrogen (secondary N) is 1. The molecule has 1 aliphatic carbocycles. The molecular formula is C27H31N7O6S. The first kappa shape index (κ1) is 29.8. The molecule has 1 N–H and O–H groups in total. The van der Waals surface area contributed by atoms with Crippen LogP contribution in [0.25, 0.3) is 5.53 Å². The Hall–Kier alpha value is -4.18. The van der Waals surface area contributed by atoms with Crippen LogP contribution in [-0.4, -0.2) is 88.0 Å². The van der Waals surface area contributed by atoms with Gasteiger partial charge in [-0.05, 0) is 50.8 Å². The average molecular weight is 582 g/mol. The molecule has 0 atom stereocenters. The number of hydrogen-bond donors (Lipinski definition) is 1. The molecule has 1 aromatic carbocycles. The topological polar surface area (TPSA) is 188 Å². The SMILES string of the molecule is CC(C)(C=O)S(=O)(=O)C1(CN2CCc3c(C(=O)NCc4ccc(C#N)cc4)nn(CCOCC=[N+]=[N-])c3C2=O)CC1. The summed E-state index contributed by atoms with van der Waals surface area (Å²) in [5.41, 5.74) is 10.6. The van der Waals surface area contributed by atoms with Gasteiger partial charge < -0.3 is 25.3 Å². The minimum atomic E-state index is -3.88. The first-order valence-electron chi connectivity index (χ1n) is 13.1. The number of carbonyl (C=O) groups excluding carboxylic acids is 3. The molecule has 0 bridgehead atoms. The molecular weight excluding hydrogens is 550 g/mol. The van der Waals surface area contributed by atoms with Crippen LogP contribution in [-0.2, 0) is 38.9 Å². The smallest absolute Gasteiger partial charge is 0.282 e. The van der Waals surface area contributed by atoms with Gasteiger partial charge in [0.15, 0.2) is 15.5 Å². The average Bonchev–Trinajstić information content (AvgIpc) is 3.67. The van der Waals surface area contributed by atoms with E-state index < -0.39 is 31.1 Å². The standard InChI is InChI=1S/C27H31N7O6S/c1-26(2,18-35)41(38,39)27(8-9-27)17-33-11-7-21-22(24(36)30-16-20-5-3-19(15-28)4-6-20)32-34(23(21)25(33)37)12-14-40-13-10-31-29/h3-6,10,18H,7-9,11-14,16-17H2,1-2H3,(H,30,36). The first-order valence-corrected chi connectivity index (χ1v) is 14.6. The lowest BCUT2D eigenvalue weighted by atomic mass is 10.0. The lowest BCUT2D eigenvalue weighted by Crippen LogP contribution is -2.51. The van der Waals surface area contributed by atoms with Gasteiger partial charge in [0.25, 0.3) is 18.0 Å². The zero-order valence-corrected chi connectivity index (χ0v) is 23.7. The summed E-state index contributed by atoms with van der Waals surface area (Å²) in [5, 5.41) is 16.2. The van der Waals surface area contributed by atoms with Crippen LogP contribution in [0.5, 0.6) is 0 Å². The molecule has 0 spiro atoms. The zero-order chi connectivity index (χ0) is 29.8.